The highest BCUT2D eigenvalue weighted by Crippen LogP contribution is 2.29. The van der Waals surface area contributed by atoms with Gasteiger partial charge in [0.2, 0.25) is 0 Å². The molecule has 0 saturated heterocycles. The summed E-state index contributed by atoms with van der Waals surface area (Å²) in [7, 11) is 1.64. The lowest BCUT2D eigenvalue weighted by molar-refractivity contribution is 0.284. The lowest BCUT2D eigenvalue weighted by Crippen LogP contribution is -2.28. The van der Waals surface area contributed by atoms with Gasteiger partial charge in [-0.05, 0) is 35.4 Å². The molecule has 0 heterocycles. The van der Waals surface area contributed by atoms with E-state index < -0.39 is 0 Å². The standard InChI is InChI=1S/C19H25ClN2O3.2ClH/c1-24-19-12-16(13-22-9-8-21-10-11-23)4-7-18(19)25-14-15-2-5-17(20)6-3-15;;/h2-7,12,21-23H,8-11,13-14H2,1H3;2*1H. The summed E-state index contributed by atoms with van der Waals surface area (Å²) in [5.41, 5.74) is 2.17. The number of rotatable bonds is 11. The van der Waals surface area contributed by atoms with Gasteiger partial charge in [0.05, 0.1) is 13.7 Å². The van der Waals surface area contributed by atoms with Gasteiger partial charge in [0.1, 0.15) is 6.61 Å². The van der Waals surface area contributed by atoms with Crippen molar-refractivity contribution in [3.8, 4) is 11.5 Å². The van der Waals surface area contributed by atoms with Crippen molar-refractivity contribution in [3.63, 3.8) is 0 Å². The number of benzene rings is 2. The number of hydrogen-bond acceptors (Lipinski definition) is 5. The van der Waals surface area contributed by atoms with Gasteiger partial charge < -0.3 is 25.2 Å². The molecule has 5 nitrogen and oxygen atoms in total. The van der Waals surface area contributed by atoms with E-state index in [1.807, 2.05) is 42.5 Å². The summed E-state index contributed by atoms with van der Waals surface area (Å²) < 4.78 is 11.3. The number of nitrogens with one attached hydrogen (secondary N) is 2. The van der Waals surface area contributed by atoms with Crippen molar-refractivity contribution in [1.29, 1.82) is 0 Å². The average Bonchev–Trinajstić information content (AvgIpc) is 2.64. The topological polar surface area (TPSA) is 62.8 Å². The Morgan fingerprint density at radius 3 is 2.22 bits per heavy atom. The van der Waals surface area contributed by atoms with Crippen molar-refractivity contribution in [2.45, 2.75) is 13.2 Å². The molecule has 0 aliphatic heterocycles. The largest absolute Gasteiger partial charge is 0.493 e. The molecule has 0 aromatic heterocycles. The molecule has 0 saturated carbocycles. The first-order chi connectivity index (χ1) is 12.2. The van der Waals surface area contributed by atoms with Crippen LogP contribution in [-0.4, -0.2) is 38.5 Å². The first kappa shape index (κ1) is 25.8. The highest BCUT2D eigenvalue weighted by Gasteiger charge is 2.06. The van der Waals surface area contributed by atoms with Gasteiger partial charge in [-0.2, -0.15) is 0 Å². The quantitative estimate of drug-likeness (QED) is 0.470. The highest BCUT2D eigenvalue weighted by atomic mass is 35.5. The molecule has 2 aromatic carbocycles. The van der Waals surface area contributed by atoms with Gasteiger partial charge in [0, 0.05) is 31.2 Å². The minimum absolute atomic E-state index is 0. The van der Waals surface area contributed by atoms with Crippen LogP contribution in [0.4, 0.5) is 0 Å². The average molecular weight is 438 g/mol. The van der Waals surface area contributed by atoms with Crippen LogP contribution < -0.4 is 20.1 Å². The summed E-state index contributed by atoms with van der Waals surface area (Å²) in [5.74, 6) is 1.43. The SMILES string of the molecule is COc1cc(CNCCNCCO)ccc1OCc1ccc(Cl)cc1.Cl.Cl. The molecule has 0 aliphatic carbocycles. The molecule has 0 aliphatic rings. The number of methoxy groups -OCH3 is 1. The molecule has 8 heteroatoms. The lowest BCUT2D eigenvalue weighted by Gasteiger charge is -2.13. The zero-order valence-corrected chi connectivity index (χ0v) is 17.6. The molecule has 0 bridgehead atoms. The number of aliphatic hydroxyl groups excluding tert-OH is 1. The Balaban J connectivity index is 0.00000338. The van der Waals surface area contributed by atoms with Crippen LogP contribution in [0.15, 0.2) is 42.5 Å². The van der Waals surface area contributed by atoms with E-state index in [9.17, 15) is 0 Å². The predicted molar refractivity (Wildman–Crippen MR) is 115 cm³/mol. The van der Waals surface area contributed by atoms with Gasteiger partial charge in [0.25, 0.3) is 0 Å². The van der Waals surface area contributed by atoms with E-state index in [1.54, 1.807) is 7.11 Å². The maximum absolute atomic E-state index is 8.70. The summed E-state index contributed by atoms with van der Waals surface area (Å²) >= 11 is 5.89. The van der Waals surface area contributed by atoms with Gasteiger partial charge in [-0.1, -0.05) is 29.8 Å². The summed E-state index contributed by atoms with van der Waals surface area (Å²) in [6.07, 6.45) is 0. The molecule has 2 aromatic rings. The molecule has 0 amide bonds. The Kier molecular flexibility index (Phi) is 14.1. The molecular weight excluding hydrogens is 411 g/mol. The Labute approximate surface area is 178 Å². The number of halogens is 3. The van der Waals surface area contributed by atoms with Crippen LogP contribution in [0, 0.1) is 0 Å². The number of aliphatic hydroxyl groups is 1. The predicted octanol–water partition coefficient (Wildman–Crippen LogP) is 3.44. The van der Waals surface area contributed by atoms with Gasteiger partial charge in [-0.25, -0.2) is 0 Å². The van der Waals surface area contributed by atoms with E-state index in [-0.39, 0.29) is 31.4 Å². The fourth-order valence-electron chi connectivity index (χ4n) is 2.30. The first-order valence-corrected chi connectivity index (χ1v) is 8.67. The summed E-state index contributed by atoms with van der Waals surface area (Å²) in [6, 6.07) is 13.5. The van der Waals surface area contributed by atoms with Gasteiger partial charge in [-0.15, -0.1) is 24.8 Å². The van der Waals surface area contributed by atoms with Crippen LogP contribution in [0.3, 0.4) is 0 Å². The van der Waals surface area contributed by atoms with E-state index in [2.05, 4.69) is 10.6 Å². The van der Waals surface area contributed by atoms with Crippen molar-refractivity contribution < 1.29 is 14.6 Å². The van der Waals surface area contributed by atoms with Crippen molar-refractivity contribution in [3.05, 3.63) is 58.6 Å². The van der Waals surface area contributed by atoms with Crippen LogP contribution >= 0.6 is 36.4 Å². The Bertz CT molecular complexity index is 643. The van der Waals surface area contributed by atoms with Crippen molar-refractivity contribution >= 4 is 36.4 Å². The number of hydrogen-bond donors (Lipinski definition) is 3. The van der Waals surface area contributed by atoms with E-state index in [1.165, 1.54) is 0 Å². The summed E-state index contributed by atoms with van der Waals surface area (Å²) in [6.45, 7) is 3.64. The molecule has 3 N–H and O–H groups in total. The monoisotopic (exact) mass is 436 g/mol. The van der Waals surface area contributed by atoms with Gasteiger partial charge >= 0.3 is 0 Å². The molecule has 0 unspecified atom stereocenters. The molecular formula is C19H27Cl3N2O3. The maximum Gasteiger partial charge on any atom is 0.161 e. The normalized spacial score (nSPS) is 9.89. The summed E-state index contributed by atoms with van der Waals surface area (Å²) in [4.78, 5) is 0. The van der Waals surface area contributed by atoms with Crippen molar-refractivity contribution in [1.82, 2.24) is 10.6 Å². The lowest BCUT2D eigenvalue weighted by atomic mass is 10.2. The fourth-order valence-corrected chi connectivity index (χ4v) is 2.42. The molecule has 2 rings (SSSR count). The highest BCUT2D eigenvalue weighted by molar-refractivity contribution is 6.30. The molecule has 0 atom stereocenters. The molecule has 0 fully saturated rings. The van der Waals surface area contributed by atoms with Crippen LogP contribution in [-0.2, 0) is 13.2 Å². The van der Waals surface area contributed by atoms with E-state index in [0.29, 0.717) is 29.7 Å². The second-order valence-corrected chi connectivity index (χ2v) is 5.99. The van der Waals surface area contributed by atoms with Crippen molar-refractivity contribution in [2.75, 3.05) is 33.4 Å². The zero-order chi connectivity index (χ0) is 17.9. The van der Waals surface area contributed by atoms with E-state index >= 15 is 0 Å². The summed E-state index contributed by atoms with van der Waals surface area (Å²) in [5, 5.41) is 15.9. The van der Waals surface area contributed by atoms with Gasteiger partial charge in [0.15, 0.2) is 11.5 Å². The van der Waals surface area contributed by atoms with E-state index in [0.717, 1.165) is 30.8 Å². The third-order valence-corrected chi connectivity index (χ3v) is 3.88. The molecule has 0 radical (unpaired) electrons. The zero-order valence-electron chi connectivity index (χ0n) is 15.2. The Morgan fingerprint density at radius 2 is 1.56 bits per heavy atom. The second kappa shape index (κ2) is 14.8. The van der Waals surface area contributed by atoms with Gasteiger partial charge in [-0.3, -0.25) is 0 Å². The van der Waals surface area contributed by atoms with E-state index in [4.69, 9.17) is 26.2 Å². The minimum Gasteiger partial charge on any atom is -0.493 e. The van der Waals surface area contributed by atoms with Crippen LogP contribution in [0.2, 0.25) is 5.02 Å². The molecule has 152 valence electrons. The third kappa shape index (κ3) is 9.51. The second-order valence-electron chi connectivity index (χ2n) is 5.55. The van der Waals surface area contributed by atoms with Crippen LogP contribution in [0.5, 0.6) is 11.5 Å². The smallest absolute Gasteiger partial charge is 0.161 e. The van der Waals surface area contributed by atoms with Crippen LogP contribution in [0.25, 0.3) is 0 Å². The fraction of sp³-hybridized carbons (Fsp3) is 0.368. The van der Waals surface area contributed by atoms with Crippen LogP contribution in [0.1, 0.15) is 11.1 Å². The number of ether oxygens (including phenoxy) is 2. The molecule has 27 heavy (non-hydrogen) atoms. The third-order valence-electron chi connectivity index (χ3n) is 3.63. The Hall–Kier alpha value is -1.21. The van der Waals surface area contributed by atoms with Crippen molar-refractivity contribution in [2.24, 2.45) is 0 Å². The maximum atomic E-state index is 8.70. The Morgan fingerprint density at radius 1 is 0.889 bits per heavy atom. The molecule has 0 spiro atoms. The minimum atomic E-state index is 0. The first-order valence-electron chi connectivity index (χ1n) is 8.29.